The van der Waals surface area contributed by atoms with Crippen molar-refractivity contribution in [3.05, 3.63) is 34.9 Å². The van der Waals surface area contributed by atoms with E-state index in [1.54, 1.807) is 13.0 Å². The number of carbonyl (C=O) groups is 3. The average Bonchev–Trinajstić information content (AvgIpc) is 2.43. The van der Waals surface area contributed by atoms with Crippen molar-refractivity contribution in [1.82, 2.24) is 0 Å². The van der Waals surface area contributed by atoms with E-state index in [2.05, 4.69) is 0 Å². The normalized spacial score (nSPS) is 11.7. The number of aliphatic carboxylic acids is 1. The van der Waals surface area contributed by atoms with Crippen molar-refractivity contribution in [3.63, 3.8) is 0 Å². The minimum atomic E-state index is -1.77. The highest BCUT2D eigenvalue weighted by atomic mass is 16.5. The average molecular weight is 280 g/mol. The summed E-state index contributed by atoms with van der Waals surface area (Å²) in [5.74, 6) is -1.83. The molecule has 6 nitrogen and oxygen atoms in total. The number of aldehydes is 1. The molecule has 0 aliphatic heterocycles. The van der Waals surface area contributed by atoms with Crippen molar-refractivity contribution in [1.29, 1.82) is 0 Å². The van der Waals surface area contributed by atoms with Gasteiger partial charge in [0.25, 0.3) is 0 Å². The van der Waals surface area contributed by atoms with Crippen LogP contribution >= 0.6 is 0 Å². The topological polar surface area (TPSA) is 101 Å². The first-order valence-corrected chi connectivity index (χ1v) is 6.14. The van der Waals surface area contributed by atoms with E-state index >= 15 is 0 Å². The monoisotopic (exact) mass is 280 g/mol. The molecule has 108 valence electrons. The SMILES string of the molecule is CCOC(=O)CCc1cccc(C(O)C(=O)O)c1C=O. The number of carbonyl (C=O) groups excluding carboxylic acids is 2. The van der Waals surface area contributed by atoms with Crippen LogP contribution in [0.1, 0.15) is 40.9 Å². The van der Waals surface area contributed by atoms with Crippen molar-refractivity contribution in [2.24, 2.45) is 0 Å². The molecule has 1 rings (SSSR count). The summed E-state index contributed by atoms with van der Waals surface area (Å²) in [4.78, 5) is 33.2. The van der Waals surface area contributed by atoms with Gasteiger partial charge in [0.1, 0.15) is 0 Å². The van der Waals surface area contributed by atoms with Crippen LogP contribution in [0.5, 0.6) is 0 Å². The van der Waals surface area contributed by atoms with Crippen LogP contribution in [0.15, 0.2) is 18.2 Å². The summed E-state index contributed by atoms with van der Waals surface area (Å²) in [6.07, 6.45) is -0.950. The van der Waals surface area contributed by atoms with Crippen LogP contribution in [0.4, 0.5) is 0 Å². The Morgan fingerprint density at radius 1 is 1.40 bits per heavy atom. The Kier molecular flexibility index (Phi) is 5.86. The second-order valence-electron chi connectivity index (χ2n) is 4.08. The number of benzene rings is 1. The molecule has 0 aliphatic carbocycles. The third kappa shape index (κ3) is 3.89. The van der Waals surface area contributed by atoms with Crippen molar-refractivity contribution >= 4 is 18.2 Å². The highest BCUT2D eigenvalue weighted by Crippen LogP contribution is 2.21. The van der Waals surface area contributed by atoms with Gasteiger partial charge in [-0.3, -0.25) is 9.59 Å². The van der Waals surface area contributed by atoms with Gasteiger partial charge in [0, 0.05) is 17.5 Å². The van der Waals surface area contributed by atoms with Crippen LogP contribution in [-0.4, -0.2) is 35.0 Å². The molecule has 0 radical (unpaired) electrons. The lowest BCUT2D eigenvalue weighted by Gasteiger charge is -2.12. The number of hydrogen-bond acceptors (Lipinski definition) is 5. The van der Waals surface area contributed by atoms with E-state index in [1.807, 2.05) is 0 Å². The van der Waals surface area contributed by atoms with Gasteiger partial charge in [-0.25, -0.2) is 4.79 Å². The fourth-order valence-corrected chi connectivity index (χ4v) is 1.84. The minimum absolute atomic E-state index is 0.0221. The first-order valence-electron chi connectivity index (χ1n) is 6.14. The molecule has 0 aliphatic rings. The second-order valence-corrected chi connectivity index (χ2v) is 4.08. The van der Waals surface area contributed by atoms with E-state index in [0.29, 0.717) is 11.8 Å². The summed E-state index contributed by atoms with van der Waals surface area (Å²) < 4.78 is 4.78. The predicted octanol–water partition coefficient (Wildman–Crippen LogP) is 1.11. The van der Waals surface area contributed by atoms with Gasteiger partial charge in [0.2, 0.25) is 0 Å². The zero-order valence-electron chi connectivity index (χ0n) is 11.0. The van der Waals surface area contributed by atoms with Gasteiger partial charge in [0.15, 0.2) is 12.4 Å². The van der Waals surface area contributed by atoms with E-state index in [0.717, 1.165) is 0 Å². The lowest BCUT2D eigenvalue weighted by atomic mass is 9.95. The fourth-order valence-electron chi connectivity index (χ4n) is 1.84. The van der Waals surface area contributed by atoms with Crippen LogP contribution in [0, 0.1) is 0 Å². The molecular weight excluding hydrogens is 264 g/mol. The predicted molar refractivity (Wildman–Crippen MR) is 69.4 cm³/mol. The van der Waals surface area contributed by atoms with E-state index < -0.39 is 18.0 Å². The lowest BCUT2D eigenvalue weighted by Crippen LogP contribution is -2.14. The van der Waals surface area contributed by atoms with E-state index in [9.17, 15) is 19.5 Å². The van der Waals surface area contributed by atoms with Crippen LogP contribution in [0.3, 0.4) is 0 Å². The molecule has 0 bridgehead atoms. The summed E-state index contributed by atoms with van der Waals surface area (Å²) in [6.45, 7) is 1.97. The van der Waals surface area contributed by atoms with Crippen molar-refractivity contribution in [3.8, 4) is 0 Å². The Morgan fingerprint density at radius 3 is 2.65 bits per heavy atom. The van der Waals surface area contributed by atoms with Gasteiger partial charge in [-0.1, -0.05) is 18.2 Å². The standard InChI is InChI=1S/C14H16O6/c1-2-20-12(16)7-6-9-4-3-5-10(11(9)8-15)13(17)14(18)19/h3-5,8,13,17H,2,6-7H2,1H3,(H,18,19). The summed E-state index contributed by atoms with van der Waals surface area (Å²) in [6, 6.07) is 4.52. The van der Waals surface area contributed by atoms with Gasteiger partial charge in [0.05, 0.1) is 6.61 Å². The maximum atomic E-state index is 11.3. The van der Waals surface area contributed by atoms with Gasteiger partial charge < -0.3 is 14.9 Å². The Balaban J connectivity index is 2.97. The summed E-state index contributed by atoms with van der Waals surface area (Å²) in [5, 5.41) is 18.3. The Morgan fingerprint density at radius 2 is 2.10 bits per heavy atom. The number of hydrogen-bond donors (Lipinski definition) is 2. The number of esters is 1. The van der Waals surface area contributed by atoms with Crippen molar-refractivity contribution < 1.29 is 29.3 Å². The third-order valence-electron chi connectivity index (χ3n) is 2.78. The maximum Gasteiger partial charge on any atom is 0.337 e. The van der Waals surface area contributed by atoms with Crippen LogP contribution in [0.2, 0.25) is 0 Å². The lowest BCUT2D eigenvalue weighted by molar-refractivity contribution is -0.147. The number of ether oxygens (including phenoxy) is 1. The molecule has 0 heterocycles. The number of carboxylic acid groups (broad SMARTS) is 1. The first-order chi connectivity index (χ1) is 9.51. The molecule has 0 saturated heterocycles. The van der Waals surface area contributed by atoms with E-state index in [-0.39, 0.29) is 30.6 Å². The van der Waals surface area contributed by atoms with Crippen LogP contribution in [-0.2, 0) is 20.7 Å². The van der Waals surface area contributed by atoms with Gasteiger partial charge >= 0.3 is 11.9 Å². The van der Waals surface area contributed by atoms with Gasteiger partial charge in [-0.15, -0.1) is 0 Å². The number of aliphatic hydroxyl groups excluding tert-OH is 1. The van der Waals surface area contributed by atoms with Gasteiger partial charge in [-0.2, -0.15) is 0 Å². The van der Waals surface area contributed by atoms with Crippen LogP contribution in [0.25, 0.3) is 0 Å². The second kappa shape index (κ2) is 7.40. The molecule has 0 amide bonds. The molecule has 2 N–H and O–H groups in total. The summed E-state index contributed by atoms with van der Waals surface area (Å²) >= 11 is 0. The Labute approximate surface area is 116 Å². The molecule has 1 aromatic rings. The van der Waals surface area contributed by atoms with E-state index in [4.69, 9.17) is 9.84 Å². The highest BCUT2D eigenvalue weighted by molar-refractivity contribution is 5.85. The number of aryl methyl sites for hydroxylation is 1. The summed E-state index contributed by atoms with van der Waals surface area (Å²) in [5.41, 5.74) is 0.631. The molecule has 6 heteroatoms. The quantitative estimate of drug-likeness (QED) is 0.573. The summed E-state index contributed by atoms with van der Waals surface area (Å²) in [7, 11) is 0. The van der Waals surface area contributed by atoms with Gasteiger partial charge in [-0.05, 0) is 18.9 Å². The van der Waals surface area contributed by atoms with Crippen molar-refractivity contribution in [2.45, 2.75) is 25.9 Å². The molecular formula is C14H16O6. The van der Waals surface area contributed by atoms with Crippen molar-refractivity contribution in [2.75, 3.05) is 6.61 Å². The molecule has 1 atom stereocenters. The molecule has 1 aromatic carbocycles. The molecule has 0 spiro atoms. The number of aliphatic hydroxyl groups is 1. The Bertz CT molecular complexity index is 508. The molecule has 1 unspecified atom stereocenters. The smallest absolute Gasteiger partial charge is 0.337 e. The number of carboxylic acids is 1. The maximum absolute atomic E-state index is 11.3. The molecule has 0 fully saturated rings. The highest BCUT2D eigenvalue weighted by Gasteiger charge is 2.21. The Hall–Kier alpha value is -2.21. The molecule has 0 aromatic heterocycles. The first kappa shape index (κ1) is 15.8. The minimum Gasteiger partial charge on any atom is -0.479 e. The molecule has 0 saturated carbocycles. The van der Waals surface area contributed by atoms with Crippen LogP contribution < -0.4 is 0 Å². The number of rotatable bonds is 7. The third-order valence-corrected chi connectivity index (χ3v) is 2.78. The molecule has 20 heavy (non-hydrogen) atoms. The zero-order valence-corrected chi connectivity index (χ0v) is 11.0. The largest absolute Gasteiger partial charge is 0.479 e. The van der Waals surface area contributed by atoms with E-state index in [1.165, 1.54) is 12.1 Å². The zero-order chi connectivity index (χ0) is 15.1. The fraction of sp³-hybridized carbons (Fsp3) is 0.357.